The number of carbonyl (C=O) groups is 1. The van der Waals surface area contributed by atoms with Gasteiger partial charge in [0, 0.05) is 13.7 Å². The van der Waals surface area contributed by atoms with Crippen molar-refractivity contribution in [3.63, 3.8) is 0 Å². The lowest BCUT2D eigenvalue weighted by molar-refractivity contribution is -0.146. The van der Waals surface area contributed by atoms with E-state index in [9.17, 15) is 4.79 Å². The number of nitrogens with one attached hydrogen (secondary N) is 2. The van der Waals surface area contributed by atoms with Crippen LogP contribution in [0.15, 0.2) is 16.6 Å². The SMILES string of the molecule is COc1cc(CNC(=O)C2(OC)CCNCC2)cc(Br)c1OC.Cl. The number of piperidine rings is 1. The first kappa shape index (κ1) is 21.0. The van der Waals surface area contributed by atoms with Crippen molar-refractivity contribution in [3.8, 4) is 11.5 Å². The van der Waals surface area contributed by atoms with Crippen LogP contribution in [0.4, 0.5) is 0 Å². The first-order chi connectivity index (χ1) is 11.1. The van der Waals surface area contributed by atoms with Crippen LogP contribution in [0.25, 0.3) is 0 Å². The van der Waals surface area contributed by atoms with E-state index in [0.717, 1.165) is 23.1 Å². The molecule has 1 aromatic carbocycles. The van der Waals surface area contributed by atoms with E-state index >= 15 is 0 Å². The third-order valence-corrected chi connectivity index (χ3v) is 4.75. The number of amides is 1. The predicted octanol–water partition coefficient (Wildman–Crippen LogP) is 2.27. The zero-order valence-corrected chi connectivity index (χ0v) is 16.5. The second-order valence-corrected chi connectivity index (χ2v) is 6.30. The van der Waals surface area contributed by atoms with Crippen molar-refractivity contribution < 1.29 is 19.0 Å². The molecule has 1 fully saturated rings. The van der Waals surface area contributed by atoms with E-state index in [2.05, 4.69) is 26.6 Å². The summed E-state index contributed by atoms with van der Waals surface area (Å²) < 4.78 is 16.9. The van der Waals surface area contributed by atoms with Crippen molar-refractivity contribution in [1.29, 1.82) is 0 Å². The Bertz CT molecular complexity index is 565. The van der Waals surface area contributed by atoms with Crippen molar-refractivity contribution in [2.75, 3.05) is 34.4 Å². The summed E-state index contributed by atoms with van der Waals surface area (Å²) in [6.07, 6.45) is 1.34. The molecule has 0 spiro atoms. The van der Waals surface area contributed by atoms with E-state index in [0.29, 0.717) is 30.9 Å². The molecule has 0 aromatic heterocycles. The number of ether oxygens (including phenoxy) is 3. The lowest BCUT2D eigenvalue weighted by atomic mass is 9.91. The number of benzene rings is 1. The van der Waals surface area contributed by atoms with E-state index in [1.165, 1.54) is 0 Å². The molecule has 1 aromatic rings. The summed E-state index contributed by atoms with van der Waals surface area (Å²) in [5.41, 5.74) is 0.182. The van der Waals surface area contributed by atoms with E-state index in [1.54, 1.807) is 21.3 Å². The largest absolute Gasteiger partial charge is 0.493 e. The number of rotatable bonds is 6. The van der Waals surface area contributed by atoms with Crippen LogP contribution in [0, 0.1) is 0 Å². The van der Waals surface area contributed by atoms with Crippen LogP contribution in [-0.2, 0) is 16.1 Å². The average molecular weight is 424 g/mol. The van der Waals surface area contributed by atoms with Gasteiger partial charge in [-0.05, 0) is 59.6 Å². The van der Waals surface area contributed by atoms with E-state index in [-0.39, 0.29) is 18.3 Å². The van der Waals surface area contributed by atoms with Gasteiger partial charge in [-0.2, -0.15) is 0 Å². The minimum atomic E-state index is -0.737. The number of hydrogen-bond donors (Lipinski definition) is 2. The highest BCUT2D eigenvalue weighted by Gasteiger charge is 2.39. The Hall–Kier alpha value is -1.02. The standard InChI is InChI=1S/C16H23BrN2O4.ClH/c1-21-13-9-11(8-12(17)14(13)22-2)10-19-15(20)16(23-3)4-6-18-7-5-16;/h8-9,18H,4-7,10H2,1-3H3,(H,19,20);1H. The normalized spacial score (nSPS) is 16.0. The number of halogens is 2. The Labute approximate surface area is 157 Å². The molecule has 1 saturated heterocycles. The molecule has 6 nitrogen and oxygen atoms in total. The summed E-state index contributed by atoms with van der Waals surface area (Å²) >= 11 is 3.46. The van der Waals surface area contributed by atoms with Crippen LogP contribution in [0.2, 0.25) is 0 Å². The zero-order valence-electron chi connectivity index (χ0n) is 14.1. The molecule has 2 N–H and O–H groups in total. The molecule has 1 amide bonds. The summed E-state index contributed by atoms with van der Waals surface area (Å²) in [5.74, 6) is 1.18. The molecule has 1 aliphatic rings. The van der Waals surface area contributed by atoms with Crippen molar-refractivity contribution in [1.82, 2.24) is 10.6 Å². The molecule has 0 radical (unpaired) electrons. The molecule has 0 atom stereocenters. The third kappa shape index (κ3) is 4.53. The number of carbonyl (C=O) groups excluding carboxylic acids is 1. The van der Waals surface area contributed by atoms with Crippen molar-refractivity contribution in [2.45, 2.75) is 25.0 Å². The Balaban J connectivity index is 0.00000288. The summed E-state index contributed by atoms with van der Waals surface area (Å²) in [6, 6.07) is 3.76. The number of methoxy groups -OCH3 is 3. The Morgan fingerprint density at radius 2 is 1.92 bits per heavy atom. The van der Waals surface area contributed by atoms with Crippen LogP contribution in [0.5, 0.6) is 11.5 Å². The topological polar surface area (TPSA) is 68.8 Å². The van der Waals surface area contributed by atoms with Gasteiger partial charge in [-0.25, -0.2) is 0 Å². The van der Waals surface area contributed by atoms with Gasteiger partial charge in [0.05, 0.1) is 18.7 Å². The second-order valence-electron chi connectivity index (χ2n) is 5.44. The van der Waals surface area contributed by atoms with Gasteiger partial charge in [-0.3, -0.25) is 4.79 Å². The lowest BCUT2D eigenvalue weighted by Gasteiger charge is -2.34. The molecule has 8 heteroatoms. The maximum Gasteiger partial charge on any atom is 0.252 e. The van der Waals surface area contributed by atoms with Crippen molar-refractivity contribution >= 4 is 34.2 Å². The highest BCUT2D eigenvalue weighted by Crippen LogP contribution is 2.36. The average Bonchev–Trinajstić information content (AvgIpc) is 2.59. The molecular weight excluding hydrogens is 400 g/mol. The molecule has 2 rings (SSSR count). The lowest BCUT2D eigenvalue weighted by Crippen LogP contribution is -2.53. The fraction of sp³-hybridized carbons (Fsp3) is 0.562. The molecule has 0 unspecified atom stereocenters. The van der Waals surface area contributed by atoms with Gasteiger partial charge in [-0.15, -0.1) is 12.4 Å². The monoisotopic (exact) mass is 422 g/mol. The minimum Gasteiger partial charge on any atom is -0.493 e. The first-order valence-electron chi connectivity index (χ1n) is 7.51. The second kappa shape index (κ2) is 9.46. The molecule has 0 saturated carbocycles. The van der Waals surface area contributed by atoms with Gasteiger partial charge in [-0.1, -0.05) is 0 Å². The minimum absolute atomic E-state index is 0. The maximum atomic E-state index is 12.6. The Morgan fingerprint density at radius 3 is 2.46 bits per heavy atom. The van der Waals surface area contributed by atoms with Gasteiger partial charge in [0.2, 0.25) is 0 Å². The zero-order chi connectivity index (χ0) is 16.9. The smallest absolute Gasteiger partial charge is 0.252 e. The van der Waals surface area contributed by atoms with Crippen LogP contribution in [-0.4, -0.2) is 45.9 Å². The molecule has 24 heavy (non-hydrogen) atoms. The van der Waals surface area contributed by atoms with Crippen LogP contribution >= 0.6 is 28.3 Å². The summed E-state index contributed by atoms with van der Waals surface area (Å²) in [4.78, 5) is 12.6. The van der Waals surface area contributed by atoms with E-state index < -0.39 is 5.60 Å². The van der Waals surface area contributed by atoms with E-state index in [4.69, 9.17) is 14.2 Å². The molecule has 136 valence electrons. The fourth-order valence-corrected chi connectivity index (χ4v) is 3.42. The summed E-state index contributed by atoms with van der Waals surface area (Å²) in [6.45, 7) is 1.96. The predicted molar refractivity (Wildman–Crippen MR) is 98.2 cm³/mol. The number of hydrogen-bond acceptors (Lipinski definition) is 5. The van der Waals surface area contributed by atoms with Gasteiger partial charge in [0.15, 0.2) is 11.5 Å². The Morgan fingerprint density at radius 1 is 1.25 bits per heavy atom. The first-order valence-corrected chi connectivity index (χ1v) is 8.30. The maximum absolute atomic E-state index is 12.6. The Kier molecular flexibility index (Phi) is 8.29. The fourth-order valence-electron chi connectivity index (χ4n) is 2.77. The summed E-state index contributed by atoms with van der Waals surface area (Å²) in [7, 11) is 4.77. The van der Waals surface area contributed by atoms with E-state index in [1.807, 2.05) is 12.1 Å². The highest BCUT2D eigenvalue weighted by atomic mass is 79.9. The van der Waals surface area contributed by atoms with Crippen molar-refractivity contribution in [3.05, 3.63) is 22.2 Å². The molecule has 1 aliphatic heterocycles. The van der Waals surface area contributed by atoms with Crippen LogP contribution in [0.3, 0.4) is 0 Å². The molecule has 1 heterocycles. The van der Waals surface area contributed by atoms with Crippen molar-refractivity contribution in [2.24, 2.45) is 0 Å². The van der Waals surface area contributed by atoms with Gasteiger partial charge >= 0.3 is 0 Å². The summed E-state index contributed by atoms with van der Waals surface area (Å²) in [5, 5.41) is 6.21. The molecular formula is C16H24BrClN2O4. The van der Waals surface area contributed by atoms with Crippen LogP contribution in [0.1, 0.15) is 18.4 Å². The van der Waals surface area contributed by atoms with Gasteiger partial charge in [0.1, 0.15) is 5.60 Å². The third-order valence-electron chi connectivity index (χ3n) is 4.16. The van der Waals surface area contributed by atoms with Gasteiger partial charge < -0.3 is 24.8 Å². The molecule has 0 aliphatic carbocycles. The van der Waals surface area contributed by atoms with Crippen LogP contribution < -0.4 is 20.1 Å². The quantitative estimate of drug-likeness (QED) is 0.735. The van der Waals surface area contributed by atoms with Gasteiger partial charge in [0.25, 0.3) is 5.91 Å². The molecule has 0 bridgehead atoms. The highest BCUT2D eigenvalue weighted by molar-refractivity contribution is 9.10.